The summed E-state index contributed by atoms with van der Waals surface area (Å²) in [4.78, 5) is 17.7. The number of hydrogen-bond donors (Lipinski definition) is 0. The smallest absolute Gasteiger partial charge is 0.226 e. The normalized spacial score (nSPS) is 28.4. The van der Waals surface area contributed by atoms with E-state index in [2.05, 4.69) is 40.1 Å². The quantitative estimate of drug-likeness (QED) is 0.741. The van der Waals surface area contributed by atoms with E-state index in [4.69, 9.17) is 16.3 Å². The summed E-state index contributed by atoms with van der Waals surface area (Å²) in [5, 5.41) is 0.753. The molecule has 1 amide bonds. The van der Waals surface area contributed by atoms with E-state index in [0.29, 0.717) is 23.8 Å². The minimum absolute atomic E-state index is 0.167. The van der Waals surface area contributed by atoms with Crippen molar-refractivity contribution in [2.24, 2.45) is 11.8 Å². The molecule has 0 radical (unpaired) electrons. The van der Waals surface area contributed by atoms with Gasteiger partial charge >= 0.3 is 0 Å². The van der Waals surface area contributed by atoms with Crippen molar-refractivity contribution in [1.29, 1.82) is 0 Å². The van der Waals surface area contributed by atoms with Gasteiger partial charge in [0.1, 0.15) is 5.75 Å². The molecule has 2 aromatic rings. The van der Waals surface area contributed by atoms with Crippen LogP contribution in [0.25, 0.3) is 0 Å². The van der Waals surface area contributed by atoms with Crippen molar-refractivity contribution in [2.45, 2.75) is 31.3 Å². The molecule has 3 fully saturated rings. The first-order chi connectivity index (χ1) is 14.1. The average Bonchev–Trinajstić information content (AvgIpc) is 3.53. The minimum Gasteiger partial charge on any atom is -0.497 e. The summed E-state index contributed by atoms with van der Waals surface area (Å²) in [5.74, 6) is 2.43. The monoisotopic (exact) mass is 410 g/mol. The highest BCUT2D eigenvalue weighted by molar-refractivity contribution is 6.30. The lowest BCUT2D eigenvalue weighted by molar-refractivity contribution is -0.139. The molecule has 29 heavy (non-hydrogen) atoms. The molecular weight excluding hydrogens is 384 g/mol. The molecule has 0 spiro atoms. The Morgan fingerprint density at radius 3 is 2.76 bits per heavy atom. The van der Waals surface area contributed by atoms with Gasteiger partial charge in [-0.05, 0) is 54.2 Å². The lowest BCUT2D eigenvalue weighted by Crippen LogP contribution is -2.63. The van der Waals surface area contributed by atoms with Gasteiger partial charge in [-0.15, -0.1) is 0 Å². The van der Waals surface area contributed by atoms with E-state index in [1.165, 1.54) is 11.1 Å². The highest BCUT2D eigenvalue weighted by atomic mass is 35.5. The molecule has 5 heteroatoms. The molecule has 0 aromatic heterocycles. The summed E-state index contributed by atoms with van der Waals surface area (Å²) in [6, 6.07) is 16.9. The summed E-state index contributed by atoms with van der Waals surface area (Å²) in [6.07, 6.45) is 2.06. The molecule has 4 nitrogen and oxygen atoms in total. The number of fused-ring (bicyclic) bond motifs is 1. The fourth-order valence-electron chi connectivity index (χ4n) is 5.15. The van der Waals surface area contributed by atoms with Crippen LogP contribution in [0, 0.1) is 11.8 Å². The van der Waals surface area contributed by atoms with Crippen LogP contribution in [-0.2, 0) is 11.3 Å². The maximum atomic E-state index is 13.0. The van der Waals surface area contributed by atoms with Gasteiger partial charge in [-0.1, -0.05) is 35.9 Å². The van der Waals surface area contributed by atoms with Gasteiger partial charge in [0.15, 0.2) is 0 Å². The number of benzene rings is 2. The number of carbonyl (C=O) groups excluding carboxylic acids is 1. The van der Waals surface area contributed by atoms with Crippen LogP contribution in [0.4, 0.5) is 0 Å². The Kier molecular flexibility index (Phi) is 5.00. The molecule has 4 atom stereocenters. The van der Waals surface area contributed by atoms with Gasteiger partial charge in [0.25, 0.3) is 0 Å². The van der Waals surface area contributed by atoms with Gasteiger partial charge in [-0.25, -0.2) is 0 Å². The van der Waals surface area contributed by atoms with Gasteiger partial charge in [0, 0.05) is 49.1 Å². The molecule has 4 unspecified atom stereocenters. The second kappa shape index (κ2) is 7.66. The minimum atomic E-state index is 0.167. The van der Waals surface area contributed by atoms with Gasteiger partial charge < -0.3 is 9.64 Å². The largest absolute Gasteiger partial charge is 0.497 e. The fraction of sp³-hybridized carbons (Fsp3) is 0.458. The topological polar surface area (TPSA) is 32.8 Å². The summed E-state index contributed by atoms with van der Waals surface area (Å²) in [5.41, 5.74) is 2.54. The Morgan fingerprint density at radius 1 is 1.17 bits per heavy atom. The lowest BCUT2D eigenvalue weighted by atomic mass is 9.82. The first-order valence-electron chi connectivity index (χ1n) is 10.5. The maximum Gasteiger partial charge on any atom is 0.226 e. The molecule has 0 N–H and O–H groups in total. The first-order valence-corrected chi connectivity index (χ1v) is 10.9. The first kappa shape index (κ1) is 19.0. The molecular formula is C24H27ClN2O2. The molecule has 0 bridgehead atoms. The van der Waals surface area contributed by atoms with Crippen molar-refractivity contribution < 1.29 is 9.53 Å². The molecule has 2 aromatic carbocycles. The summed E-state index contributed by atoms with van der Waals surface area (Å²) in [7, 11) is 1.71. The van der Waals surface area contributed by atoms with E-state index < -0.39 is 0 Å². The fourth-order valence-corrected chi connectivity index (χ4v) is 5.27. The lowest BCUT2D eigenvalue weighted by Gasteiger charge is -2.53. The summed E-state index contributed by atoms with van der Waals surface area (Å²) < 4.78 is 5.34. The van der Waals surface area contributed by atoms with E-state index in [1.807, 2.05) is 18.2 Å². The molecule has 152 valence electrons. The number of piperidine rings is 1. The average molecular weight is 411 g/mol. The third-order valence-corrected chi connectivity index (χ3v) is 7.12. The number of halogens is 1. The van der Waals surface area contributed by atoms with Crippen molar-refractivity contribution in [3.05, 3.63) is 64.7 Å². The van der Waals surface area contributed by atoms with Crippen LogP contribution in [0.1, 0.15) is 29.9 Å². The number of nitrogens with zero attached hydrogens (tertiary/aromatic N) is 2. The van der Waals surface area contributed by atoms with E-state index in [0.717, 1.165) is 49.8 Å². The Bertz CT molecular complexity index is 900. The zero-order chi connectivity index (χ0) is 20.0. The highest BCUT2D eigenvalue weighted by Crippen LogP contribution is 2.49. The van der Waals surface area contributed by atoms with Crippen LogP contribution in [0.5, 0.6) is 5.75 Å². The Morgan fingerprint density at radius 2 is 2.00 bits per heavy atom. The number of hydrogen-bond acceptors (Lipinski definition) is 3. The van der Waals surface area contributed by atoms with Crippen LogP contribution in [0.15, 0.2) is 48.5 Å². The number of likely N-dealkylation sites (tertiary alicyclic amines) is 2. The molecule has 5 rings (SSSR count). The Labute approximate surface area is 177 Å². The summed E-state index contributed by atoms with van der Waals surface area (Å²) >= 11 is 5.99. The predicted molar refractivity (Wildman–Crippen MR) is 114 cm³/mol. The van der Waals surface area contributed by atoms with Crippen LogP contribution in [0.2, 0.25) is 5.02 Å². The number of amides is 1. The number of carbonyl (C=O) groups is 1. The molecule has 3 aliphatic rings. The molecule has 2 heterocycles. The zero-order valence-corrected chi connectivity index (χ0v) is 17.5. The van der Waals surface area contributed by atoms with Gasteiger partial charge in [0.2, 0.25) is 5.91 Å². The SMILES string of the molecule is COc1cccc(CN2CC3CN(C(=O)C4CC4c4ccc(Cl)cc4)CCC32)c1. The standard InChI is InChI=1S/C24H27ClN2O2/c1-29-20-4-2-3-16(11-20)13-27-15-18-14-26(10-9-23(18)27)24(28)22-12-21(22)17-5-7-19(25)8-6-17/h2-8,11,18,21-23H,9-10,12-15H2,1H3. The van der Waals surface area contributed by atoms with Crippen molar-refractivity contribution in [1.82, 2.24) is 9.80 Å². The van der Waals surface area contributed by atoms with Crippen molar-refractivity contribution in [2.75, 3.05) is 26.7 Å². The molecule has 2 saturated heterocycles. The van der Waals surface area contributed by atoms with E-state index >= 15 is 0 Å². The van der Waals surface area contributed by atoms with E-state index in [-0.39, 0.29) is 5.92 Å². The number of methoxy groups -OCH3 is 1. The third kappa shape index (κ3) is 3.76. The summed E-state index contributed by atoms with van der Waals surface area (Å²) in [6.45, 7) is 3.85. The van der Waals surface area contributed by atoms with Crippen LogP contribution >= 0.6 is 11.6 Å². The molecule has 1 saturated carbocycles. The second-order valence-electron chi connectivity index (χ2n) is 8.68. The van der Waals surface area contributed by atoms with Crippen LogP contribution in [-0.4, -0.2) is 48.5 Å². The van der Waals surface area contributed by atoms with Crippen molar-refractivity contribution in [3.63, 3.8) is 0 Å². The third-order valence-electron chi connectivity index (χ3n) is 6.87. The zero-order valence-electron chi connectivity index (χ0n) is 16.8. The van der Waals surface area contributed by atoms with Crippen molar-refractivity contribution in [3.8, 4) is 5.75 Å². The van der Waals surface area contributed by atoms with E-state index in [1.54, 1.807) is 7.11 Å². The van der Waals surface area contributed by atoms with Crippen LogP contribution < -0.4 is 4.74 Å². The number of rotatable bonds is 5. The van der Waals surface area contributed by atoms with Gasteiger partial charge in [-0.3, -0.25) is 9.69 Å². The van der Waals surface area contributed by atoms with Gasteiger partial charge in [0.05, 0.1) is 7.11 Å². The Hall–Kier alpha value is -2.04. The van der Waals surface area contributed by atoms with Gasteiger partial charge in [-0.2, -0.15) is 0 Å². The van der Waals surface area contributed by atoms with Crippen LogP contribution in [0.3, 0.4) is 0 Å². The molecule has 2 aliphatic heterocycles. The number of ether oxygens (including phenoxy) is 1. The van der Waals surface area contributed by atoms with E-state index in [9.17, 15) is 4.79 Å². The maximum absolute atomic E-state index is 13.0. The predicted octanol–water partition coefficient (Wildman–Crippen LogP) is 4.19. The second-order valence-corrected chi connectivity index (χ2v) is 9.12. The Balaban J connectivity index is 1.14. The van der Waals surface area contributed by atoms with Crippen molar-refractivity contribution >= 4 is 17.5 Å². The highest BCUT2D eigenvalue weighted by Gasteiger charge is 2.49. The molecule has 1 aliphatic carbocycles.